The van der Waals surface area contributed by atoms with Crippen molar-refractivity contribution in [2.75, 3.05) is 19.6 Å². The average molecular weight is 352 g/mol. The Morgan fingerprint density at radius 2 is 1.96 bits per heavy atom. The Morgan fingerprint density at radius 3 is 2.65 bits per heavy atom. The number of nitrogens with zero attached hydrogens (tertiary/aromatic N) is 1. The third-order valence-electron chi connectivity index (χ3n) is 5.16. The second-order valence-corrected chi connectivity index (χ2v) is 7.47. The van der Waals surface area contributed by atoms with E-state index in [-0.39, 0.29) is 11.7 Å². The number of amides is 1. The summed E-state index contributed by atoms with van der Waals surface area (Å²) in [7, 11) is 0. The highest BCUT2D eigenvalue weighted by Crippen LogP contribution is 2.21. The van der Waals surface area contributed by atoms with Crippen LogP contribution in [0.4, 0.5) is 0 Å². The van der Waals surface area contributed by atoms with Crippen molar-refractivity contribution in [3.63, 3.8) is 0 Å². The van der Waals surface area contributed by atoms with Crippen LogP contribution in [0.25, 0.3) is 0 Å². The first-order valence-electron chi connectivity index (χ1n) is 9.41. The third-order valence-corrected chi connectivity index (χ3v) is 5.16. The summed E-state index contributed by atoms with van der Waals surface area (Å²) in [6, 6.07) is 16.0. The molecule has 0 aliphatic carbocycles. The fourth-order valence-corrected chi connectivity index (χ4v) is 3.54. The lowest BCUT2D eigenvalue weighted by Gasteiger charge is -2.20. The molecule has 1 amide bonds. The molecule has 1 saturated heterocycles. The molecule has 0 radical (unpaired) electrons. The Bertz CT molecular complexity index is 743. The first kappa shape index (κ1) is 18.5. The lowest BCUT2D eigenvalue weighted by atomic mass is 10.0. The van der Waals surface area contributed by atoms with Crippen LogP contribution in [-0.4, -0.2) is 41.6 Å². The Hall–Kier alpha value is -2.33. The predicted molar refractivity (Wildman–Crippen MR) is 105 cm³/mol. The van der Waals surface area contributed by atoms with Gasteiger partial charge in [-0.05, 0) is 62.4 Å². The monoisotopic (exact) mass is 352 g/mol. The molecule has 4 heteroatoms. The van der Waals surface area contributed by atoms with Crippen LogP contribution in [0.5, 0.6) is 5.75 Å². The Kier molecular flexibility index (Phi) is 5.94. The predicted octanol–water partition coefficient (Wildman–Crippen LogP) is 3.44. The zero-order valence-corrected chi connectivity index (χ0v) is 15.6. The molecule has 1 aliphatic heterocycles. The van der Waals surface area contributed by atoms with Gasteiger partial charge in [-0.3, -0.25) is 4.79 Å². The summed E-state index contributed by atoms with van der Waals surface area (Å²) in [5, 5.41) is 13.1. The molecule has 26 heavy (non-hydrogen) atoms. The van der Waals surface area contributed by atoms with Crippen molar-refractivity contribution in [3.05, 3.63) is 65.2 Å². The van der Waals surface area contributed by atoms with Gasteiger partial charge in [0.1, 0.15) is 5.75 Å². The quantitative estimate of drug-likeness (QED) is 0.837. The van der Waals surface area contributed by atoms with E-state index in [4.69, 9.17) is 0 Å². The number of benzene rings is 2. The van der Waals surface area contributed by atoms with Crippen LogP contribution in [0, 0.1) is 5.92 Å². The van der Waals surface area contributed by atoms with Crippen LogP contribution in [-0.2, 0) is 6.42 Å². The lowest BCUT2D eigenvalue weighted by molar-refractivity contribution is 0.0944. The largest absolute Gasteiger partial charge is 0.507 e. The maximum Gasteiger partial charge on any atom is 0.255 e. The number of carbonyl (C=O) groups is 1. The highest BCUT2D eigenvalue weighted by Gasteiger charge is 2.24. The van der Waals surface area contributed by atoms with Crippen LogP contribution in [0.2, 0.25) is 0 Å². The van der Waals surface area contributed by atoms with E-state index in [1.54, 1.807) is 12.1 Å². The van der Waals surface area contributed by atoms with Gasteiger partial charge in [-0.1, -0.05) is 36.4 Å². The molecule has 3 rings (SSSR count). The van der Waals surface area contributed by atoms with Gasteiger partial charge in [-0.25, -0.2) is 0 Å². The van der Waals surface area contributed by atoms with Crippen molar-refractivity contribution in [1.29, 1.82) is 0 Å². The Labute approximate surface area is 155 Å². The van der Waals surface area contributed by atoms with Crippen LogP contribution in [0.15, 0.2) is 48.5 Å². The molecule has 2 aromatic rings. The topological polar surface area (TPSA) is 52.6 Å². The van der Waals surface area contributed by atoms with Crippen LogP contribution in [0.1, 0.15) is 41.8 Å². The standard InChI is InChI=1S/C22H28N2O2/c1-16(2)24-11-10-19(15-24)14-23-22(26)20-13-18(8-9-21(20)25)12-17-6-4-3-5-7-17/h3-9,13,16,19,25H,10-12,14-15H2,1-2H3,(H,23,26). The van der Waals surface area contributed by atoms with Crippen molar-refractivity contribution in [3.8, 4) is 5.75 Å². The van der Waals surface area contributed by atoms with Gasteiger partial charge >= 0.3 is 0 Å². The molecule has 1 atom stereocenters. The molecule has 138 valence electrons. The van der Waals surface area contributed by atoms with Gasteiger partial charge in [0.2, 0.25) is 0 Å². The van der Waals surface area contributed by atoms with Crippen LogP contribution < -0.4 is 5.32 Å². The minimum atomic E-state index is -0.194. The van der Waals surface area contributed by atoms with Crippen molar-refractivity contribution in [2.24, 2.45) is 5.92 Å². The van der Waals surface area contributed by atoms with Gasteiger partial charge in [0.05, 0.1) is 5.56 Å². The first-order valence-corrected chi connectivity index (χ1v) is 9.41. The Balaban J connectivity index is 1.61. The first-order chi connectivity index (χ1) is 12.5. The number of carbonyl (C=O) groups excluding carboxylic acids is 1. The number of nitrogens with one attached hydrogen (secondary N) is 1. The molecule has 1 fully saturated rings. The van der Waals surface area contributed by atoms with Gasteiger partial charge in [0.25, 0.3) is 5.91 Å². The van der Waals surface area contributed by atoms with E-state index in [1.807, 2.05) is 24.3 Å². The number of phenols is 1. The van der Waals surface area contributed by atoms with E-state index >= 15 is 0 Å². The molecule has 0 saturated carbocycles. The van der Waals surface area contributed by atoms with E-state index < -0.39 is 0 Å². The number of hydrogen-bond acceptors (Lipinski definition) is 3. The van der Waals surface area contributed by atoms with E-state index in [2.05, 4.69) is 36.2 Å². The molecule has 0 spiro atoms. The lowest BCUT2D eigenvalue weighted by Crippen LogP contribution is -2.33. The number of rotatable bonds is 6. The van der Waals surface area contributed by atoms with Gasteiger partial charge in [-0.2, -0.15) is 0 Å². The van der Waals surface area contributed by atoms with E-state index in [9.17, 15) is 9.90 Å². The second kappa shape index (κ2) is 8.37. The van der Waals surface area contributed by atoms with Crippen molar-refractivity contribution in [2.45, 2.75) is 32.7 Å². The normalized spacial score (nSPS) is 17.6. The fraction of sp³-hybridized carbons (Fsp3) is 0.409. The van der Waals surface area contributed by atoms with E-state index in [0.717, 1.165) is 31.5 Å². The molecule has 2 aromatic carbocycles. The van der Waals surface area contributed by atoms with Gasteiger partial charge < -0.3 is 15.3 Å². The van der Waals surface area contributed by atoms with Crippen molar-refractivity contribution < 1.29 is 9.90 Å². The summed E-state index contributed by atoms with van der Waals surface area (Å²) in [6.07, 6.45) is 1.85. The molecule has 0 bridgehead atoms. The third kappa shape index (κ3) is 4.64. The van der Waals surface area contributed by atoms with Crippen LogP contribution in [0.3, 0.4) is 0 Å². The van der Waals surface area contributed by atoms with Gasteiger partial charge in [0, 0.05) is 19.1 Å². The molecular weight excluding hydrogens is 324 g/mol. The van der Waals surface area contributed by atoms with Gasteiger partial charge in [0.15, 0.2) is 0 Å². The van der Waals surface area contributed by atoms with Crippen molar-refractivity contribution in [1.82, 2.24) is 10.2 Å². The highest BCUT2D eigenvalue weighted by atomic mass is 16.3. The summed E-state index contributed by atoms with van der Waals surface area (Å²) in [6.45, 7) is 7.19. The summed E-state index contributed by atoms with van der Waals surface area (Å²) >= 11 is 0. The number of aromatic hydroxyl groups is 1. The minimum Gasteiger partial charge on any atom is -0.507 e. The summed E-state index contributed by atoms with van der Waals surface area (Å²) in [5.74, 6) is 0.325. The highest BCUT2D eigenvalue weighted by molar-refractivity contribution is 5.97. The molecule has 1 unspecified atom stereocenters. The van der Waals surface area contributed by atoms with E-state index in [0.29, 0.717) is 24.1 Å². The average Bonchev–Trinajstić information content (AvgIpc) is 3.11. The Morgan fingerprint density at radius 1 is 1.19 bits per heavy atom. The number of likely N-dealkylation sites (tertiary alicyclic amines) is 1. The summed E-state index contributed by atoms with van der Waals surface area (Å²) in [4.78, 5) is 15.0. The zero-order valence-electron chi connectivity index (χ0n) is 15.6. The summed E-state index contributed by atoms with van der Waals surface area (Å²) in [5.41, 5.74) is 2.56. The minimum absolute atomic E-state index is 0.0366. The molecular formula is C22H28N2O2. The maximum atomic E-state index is 12.6. The second-order valence-electron chi connectivity index (χ2n) is 7.47. The smallest absolute Gasteiger partial charge is 0.255 e. The number of hydrogen-bond donors (Lipinski definition) is 2. The summed E-state index contributed by atoms with van der Waals surface area (Å²) < 4.78 is 0. The molecule has 4 nitrogen and oxygen atoms in total. The molecule has 2 N–H and O–H groups in total. The molecule has 1 heterocycles. The molecule has 0 aromatic heterocycles. The number of phenolic OH excluding ortho intramolecular Hbond substituents is 1. The van der Waals surface area contributed by atoms with Gasteiger partial charge in [-0.15, -0.1) is 0 Å². The maximum absolute atomic E-state index is 12.6. The van der Waals surface area contributed by atoms with E-state index in [1.165, 1.54) is 5.56 Å². The van der Waals surface area contributed by atoms with Crippen LogP contribution >= 0.6 is 0 Å². The van der Waals surface area contributed by atoms with Crippen molar-refractivity contribution >= 4 is 5.91 Å². The fourth-order valence-electron chi connectivity index (χ4n) is 3.54. The zero-order chi connectivity index (χ0) is 18.5. The SMILES string of the molecule is CC(C)N1CCC(CNC(=O)c2cc(Cc3ccccc3)ccc2O)C1. The molecule has 1 aliphatic rings.